The second kappa shape index (κ2) is 5.22. The third kappa shape index (κ3) is 2.72. The number of nitrogens with one attached hydrogen (secondary N) is 1. The Labute approximate surface area is 117 Å². The van der Waals surface area contributed by atoms with E-state index in [1.165, 1.54) is 17.8 Å². The molecule has 7 heteroatoms. The van der Waals surface area contributed by atoms with Gasteiger partial charge in [-0.2, -0.15) is 0 Å². The van der Waals surface area contributed by atoms with Crippen LogP contribution in [0.2, 0.25) is 0 Å². The summed E-state index contributed by atoms with van der Waals surface area (Å²) in [5, 5.41) is 11.6. The van der Waals surface area contributed by atoms with E-state index in [1.807, 2.05) is 24.3 Å². The number of nitrogens with zero attached hydrogens (tertiary/aromatic N) is 2. The number of aromatic amines is 1. The van der Waals surface area contributed by atoms with Gasteiger partial charge in [0, 0.05) is 0 Å². The first-order valence-electron chi connectivity index (χ1n) is 5.75. The second-order valence-electron chi connectivity index (χ2n) is 3.92. The van der Waals surface area contributed by atoms with Crippen molar-refractivity contribution in [3.8, 4) is 0 Å². The number of benzene rings is 1. The fraction of sp³-hybridized carbons (Fsp3) is 0. The van der Waals surface area contributed by atoms with Gasteiger partial charge in [-0.25, -0.2) is 4.98 Å². The minimum atomic E-state index is -0.533. The number of aromatic nitrogens is 2. The average molecular weight is 287 g/mol. The van der Waals surface area contributed by atoms with Crippen LogP contribution in [0.25, 0.3) is 17.1 Å². The molecule has 3 rings (SSSR count). The predicted octanol–water partition coefficient (Wildman–Crippen LogP) is 3.55. The molecule has 0 bridgehead atoms. The number of nitro groups is 1. The lowest BCUT2D eigenvalue weighted by atomic mass is 10.3. The molecule has 0 saturated carbocycles. The SMILES string of the molecule is O=[N+]([O-])/C=C/c1ccc(Sc2nc3ccccc3[nH]2)o1. The molecule has 0 saturated heterocycles. The highest BCUT2D eigenvalue weighted by Crippen LogP contribution is 2.29. The van der Waals surface area contributed by atoms with Gasteiger partial charge in [0.25, 0.3) is 0 Å². The summed E-state index contributed by atoms with van der Waals surface area (Å²) in [5.41, 5.74) is 1.84. The Bertz CT molecular complexity index is 758. The van der Waals surface area contributed by atoms with Crippen LogP contribution in [0.1, 0.15) is 5.76 Å². The zero-order valence-corrected chi connectivity index (χ0v) is 11.0. The van der Waals surface area contributed by atoms with Crippen LogP contribution in [0.3, 0.4) is 0 Å². The van der Waals surface area contributed by atoms with Gasteiger partial charge in [-0.3, -0.25) is 10.1 Å². The van der Waals surface area contributed by atoms with Crippen molar-refractivity contribution in [2.75, 3.05) is 0 Å². The number of rotatable bonds is 4. The molecule has 0 spiro atoms. The minimum absolute atomic E-state index is 0.431. The molecule has 0 unspecified atom stereocenters. The number of para-hydroxylation sites is 2. The van der Waals surface area contributed by atoms with Gasteiger partial charge in [0.05, 0.1) is 22.0 Å². The molecule has 2 aromatic heterocycles. The topological polar surface area (TPSA) is 85.0 Å². The van der Waals surface area contributed by atoms with Crippen molar-refractivity contribution in [1.82, 2.24) is 9.97 Å². The minimum Gasteiger partial charge on any atom is -0.450 e. The lowest BCUT2D eigenvalue weighted by molar-refractivity contribution is -0.401. The molecule has 0 atom stereocenters. The highest BCUT2D eigenvalue weighted by molar-refractivity contribution is 7.99. The number of hydrogen-bond donors (Lipinski definition) is 1. The highest BCUT2D eigenvalue weighted by atomic mass is 32.2. The third-order valence-electron chi connectivity index (χ3n) is 2.53. The summed E-state index contributed by atoms with van der Waals surface area (Å²) < 4.78 is 5.45. The Morgan fingerprint density at radius 2 is 2.15 bits per heavy atom. The Hall–Kier alpha value is -2.54. The zero-order chi connectivity index (χ0) is 13.9. The van der Waals surface area contributed by atoms with Gasteiger partial charge in [-0.15, -0.1) is 0 Å². The van der Waals surface area contributed by atoms with E-state index in [0.29, 0.717) is 16.0 Å². The van der Waals surface area contributed by atoms with Gasteiger partial charge in [0.2, 0.25) is 6.20 Å². The van der Waals surface area contributed by atoms with Crippen LogP contribution >= 0.6 is 11.8 Å². The molecule has 1 aromatic carbocycles. The fourth-order valence-corrected chi connectivity index (χ4v) is 2.46. The van der Waals surface area contributed by atoms with Gasteiger partial charge in [-0.05, 0) is 36.0 Å². The summed E-state index contributed by atoms with van der Waals surface area (Å²) in [7, 11) is 0. The summed E-state index contributed by atoms with van der Waals surface area (Å²) in [6.45, 7) is 0. The van der Waals surface area contributed by atoms with E-state index in [1.54, 1.807) is 12.1 Å². The lowest BCUT2D eigenvalue weighted by Gasteiger charge is -1.90. The molecule has 3 aromatic rings. The largest absolute Gasteiger partial charge is 0.450 e. The molecule has 0 aliphatic rings. The monoisotopic (exact) mass is 287 g/mol. The maximum Gasteiger partial charge on any atom is 0.238 e. The third-order valence-corrected chi connectivity index (χ3v) is 3.33. The zero-order valence-electron chi connectivity index (χ0n) is 10.1. The Kier molecular flexibility index (Phi) is 3.26. The maximum atomic E-state index is 10.2. The molecule has 1 N–H and O–H groups in total. The normalized spacial score (nSPS) is 11.4. The lowest BCUT2D eigenvalue weighted by Crippen LogP contribution is -1.80. The summed E-state index contributed by atoms with van der Waals surface area (Å²) >= 11 is 1.33. The van der Waals surface area contributed by atoms with Crippen molar-refractivity contribution in [3.05, 3.63) is 58.5 Å². The molecular weight excluding hydrogens is 278 g/mol. The van der Waals surface area contributed by atoms with E-state index in [-0.39, 0.29) is 0 Å². The molecule has 0 fully saturated rings. The summed E-state index contributed by atoms with van der Waals surface area (Å²) in [5.74, 6) is 0.431. The van der Waals surface area contributed by atoms with Crippen LogP contribution in [0.4, 0.5) is 0 Å². The van der Waals surface area contributed by atoms with Crippen LogP contribution in [0.5, 0.6) is 0 Å². The van der Waals surface area contributed by atoms with Gasteiger partial charge >= 0.3 is 0 Å². The van der Waals surface area contributed by atoms with Crippen LogP contribution in [0.15, 0.2) is 57.3 Å². The van der Waals surface area contributed by atoms with E-state index < -0.39 is 4.92 Å². The van der Waals surface area contributed by atoms with Crippen LogP contribution < -0.4 is 0 Å². The van der Waals surface area contributed by atoms with E-state index in [9.17, 15) is 10.1 Å². The first kappa shape index (κ1) is 12.5. The number of imidazole rings is 1. The Morgan fingerprint density at radius 3 is 2.95 bits per heavy atom. The Morgan fingerprint density at radius 1 is 1.30 bits per heavy atom. The molecule has 0 radical (unpaired) electrons. The molecule has 20 heavy (non-hydrogen) atoms. The second-order valence-corrected chi connectivity index (χ2v) is 4.91. The highest BCUT2D eigenvalue weighted by Gasteiger charge is 2.07. The molecule has 0 aliphatic heterocycles. The van der Waals surface area contributed by atoms with Crippen LogP contribution in [-0.2, 0) is 0 Å². The van der Waals surface area contributed by atoms with Crippen molar-refractivity contribution in [2.24, 2.45) is 0 Å². The smallest absolute Gasteiger partial charge is 0.238 e. The molecule has 0 aliphatic carbocycles. The molecule has 6 nitrogen and oxygen atoms in total. The van der Waals surface area contributed by atoms with Crippen molar-refractivity contribution in [1.29, 1.82) is 0 Å². The van der Waals surface area contributed by atoms with E-state index in [4.69, 9.17) is 4.42 Å². The van der Waals surface area contributed by atoms with Crippen molar-refractivity contribution in [3.63, 3.8) is 0 Å². The van der Waals surface area contributed by atoms with Gasteiger partial charge in [0.1, 0.15) is 5.76 Å². The van der Waals surface area contributed by atoms with Crippen molar-refractivity contribution in [2.45, 2.75) is 10.2 Å². The maximum absolute atomic E-state index is 10.2. The van der Waals surface area contributed by atoms with Gasteiger partial charge in [0.15, 0.2) is 10.2 Å². The first-order chi connectivity index (χ1) is 9.70. The average Bonchev–Trinajstić information content (AvgIpc) is 3.02. The molecule has 100 valence electrons. The fourth-order valence-electron chi connectivity index (χ4n) is 1.69. The molecule has 0 amide bonds. The van der Waals surface area contributed by atoms with Crippen LogP contribution in [0, 0.1) is 10.1 Å². The van der Waals surface area contributed by atoms with E-state index >= 15 is 0 Å². The van der Waals surface area contributed by atoms with E-state index in [2.05, 4.69) is 9.97 Å². The molecular formula is C13H9N3O3S. The standard InChI is InChI=1S/C13H9N3O3S/c17-16(18)8-7-9-5-6-12(19-9)20-13-14-10-3-1-2-4-11(10)15-13/h1-8H,(H,14,15)/b8-7+. The number of fused-ring (bicyclic) bond motifs is 1. The van der Waals surface area contributed by atoms with Crippen LogP contribution in [-0.4, -0.2) is 14.9 Å². The van der Waals surface area contributed by atoms with E-state index in [0.717, 1.165) is 17.2 Å². The summed E-state index contributed by atoms with van der Waals surface area (Å²) in [4.78, 5) is 17.3. The quantitative estimate of drug-likeness (QED) is 0.586. The number of hydrogen-bond acceptors (Lipinski definition) is 5. The number of H-pyrrole nitrogens is 1. The van der Waals surface area contributed by atoms with Crippen molar-refractivity contribution >= 4 is 28.9 Å². The van der Waals surface area contributed by atoms with Gasteiger partial charge < -0.3 is 9.40 Å². The summed E-state index contributed by atoms with van der Waals surface area (Å²) in [6.07, 6.45) is 2.15. The van der Waals surface area contributed by atoms with Gasteiger partial charge in [-0.1, -0.05) is 12.1 Å². The Balaban J connectivity index is 1.79. The number of furan rings is 1. The van der Waals surface area contributed by atoms with Crippen molar-refractivity contribution < 1.29 is 9.34 Å². The predicted molar refractivity (Wildman–Crippen MR) is 75.0 cm³/mol. The first-order valence-corrected chi connectivity index (χ1v) is 6.56. The summed E-state index contributed by atoms with van der Waals surface area (Å²) in [6, 6.07) is 11.1. The molecule has 2 heterocycles.